The third-order valence-electron chi connectivity index (χ3n) is 1.98. The Balaban J connectivity index is 2.08. The topological polar surface area (TPSA) is 52.8 Å². The lowest BCUT2D eigenvalue weighted by Gasteiger charge is -2.00. The molecule has 0 fully saturated rings. The first-order chi connectivity index (χ1) is 7.81. The Morgan fingerprint density at radius 3 is 2.62 bits per heavy atom. The Labute approximate surface area is 102 Å². The number of ether oxygens (including phenoxy) is 1. The standard InChI is InChI=1S/C10H11BrN4O/c1-2-15-7-9(6-14-15)16-10-12-4-8(3-11)5-13-10/h4-7H,2-3H2,1H3. The van der Waals surface area contributed by atoms with Crippen molar-refractivity contribution < 1.29 is 4.74 Å². The highest BCUT2D eigenvalue weighted by atomic mass is 79.9. The number of aryl methyl sites for hydroxylation is 1. The summed E-state index contributed by atoms with van der Waals surface area (Å²) >= 11 is 3.33. The zero-order valence-electron chi connectivity index (χ0n) is 8.80. The molecule has 0 radical (unpaired) electrons. The van der Waals surface area contributed by atoms with Crippen molar-refractivity contribution in [2.24, 2.45) is 0 Å². The fourth-order valence-electron chi connectivity index (χ4n) is 1.14. The van der Waals surface area contributed by atoms with Crippen LogP contribution in [-0.2, 0) is 11.9 Å². The average Bonchev–Trinajstić information content (AvgIpc) is 2.78. The maximum Gasteiger partial charge on any atom is 0.321 e. The molecule has 0 N–H and O–H groups in total. The van der Waals surface area contributed by atoms with Crippen LogP contribution in [-0.4, -0.2) is 19.7 Å². The van der Waals surface area contributed by atoms with E-state index in [0.717, 1.165) is 17.4 Å². The largest absolute Gasteiger partial charge is 0.421 e. The summed E-state index contributed by atoms with van der Waals surface area (Å²) in [6, 6.07) is 0.334. The van der Waals surface area contributed by atoms with Crippen molar-refractivity contribution in [3.05, 3.63) is 30.4 Å². The smallest absolute Gasteiger partial charge is 0.321 e. The van der Waals surface area contributed by atoms with Gasteiger partial charge in [-0.3, -0.25) is 4.68 Å². The molecule has 2 aromatic heterocycles. The molecule has 0 aliphatic rings. The monoisotopic (exact) mass is 282 g/mol. The number of hydrogen-bond acceptors (Lipinski definition) is 4. The number of hydrogen-bond donors (Lipinski definition) is 0. The minimum atomic E-state index is 0.334. The molecule has 0 saturated carbocycles. The van der Waals surface area contributed by atoms with Crippen LogP contribution in [0.2, 0.25) is 0 Å². The first-order valence-electron chi connectivity index (χ1n) is 4.89. The first kappa shape index (κ1) is 11.1. The van der Waals surface area contributed by atoms with E-state index in [-0.39, 0.29) is 0 Å². The second-order valence-electron chi connectivity index (χ2n) is 3.14. The van der Waals surface area contributed by atoms with Gasteiger partial charge in [-0.1, -0.05) is 15.9 Å². The molecule has 0 spiro atoms. The Morgan fingerprint density at radius 1 is 1.31 bits per heavy atom. The van der Waals surface area contributed by atoms with Gasteiger partial charge in [0, 0.05) is 24.3 Å². The summed E-state index contributed by atoms with van der Waals surface area (Å²) < 4.78 is 7.22. The van der Waals surface area contributed by atoms with E-state index in [1.165, 1.54) is 0 Å². The van der Waals surface area contributed by atoms with Crippen LogP contribution in [0.1, 0.15) is 12.5 Å². The van der Waals surface area contributed by atoms with Gasteiger partial charge in [0.1, 0.15) is 0 Å². The van der Waals surface area contributed by atoms with E-state index in [0.29, 0.717) is 11.8 Å². The SMILES string of the molecule is CCn1cc(Oc2ncc(CBr)cn2)cn1. The summed E-state index contributed by atoms with van der Waals surface area (Å²) in [4.78, 5) is 8.16. The van der Waals surface area contributed by atoms with E-state index >= 15 is 0 Å². The highest BCUT2D eigenvalue weighted by molar-refractivity contribution is 9.08. The van der Waals surface area contributed by atoms with Crippen LogP contribution < -0.4 is 4.74 Å². The lowest BCUT2D eigenvalue weighted by atomic mass is 10.4. The van der Waals surface area contributed by atoms with E-state index < -0.39 is 0 Å². The van der Waals surface area contributed by atoms with Crippen molar-refractivity contribution in [1.82, 2.24) is 19.7 Å². The first-order valence-corrected chi connectivity index (χ1v) is 6.01. The van der Waals surface area contributed by atoms with Gasteiger partial charge in [0.15, 0.2) is 5.75 Å². The van der Waals surface area contributed by atoms with E-state index in [2.05, 4.69) is 31.0 Å². The molecule has 0 saturated heterocycles. The summed E-state index contributed by atoms with van der Waals surface area (Å²) in [5, 5.41) is 4.83. The van der Waals surface area contributed by atoms with Gasteiger partial charge in [-0.15, -0.1) is 0 Å². The van der Waals surface area contributed by atoms with Gasteiger partial charge >= 0.3 is 6.01 Å². The number of rotatable bonds is 4. The van der Waals surface area contributed by atoms with Crippen LogP contribution in [0.5, 0.6) is 11.8 Å². The third kappa shape index (κ3) is 2.57. The van der Waals surface area contributed by atoms with Crippen molar-refractivity contribution in [2.45, 2.75) is 18.8 Å². The number of nitrogens with zero attached hydrogens (tertiary/aromatic N) is 4. The number of halogens is 1. The van der Waals surface area contributed by atoms with E-state index in [1.54, 1.807) is 23.3 Å². The zero-order valence-corrected chi connectivity index (χ0v) is 10.4. The molecule has 0 atom stereocenters. The van der Waals surface area contributed by atoms with Gasteiger partial charge in [-0.25, -0.2) is 9.97 Å². The molecule has 2 heterocycles. The van der Waals surface area contributed by atoms with Gasteiger partial charge < -0.3 is 4.74 Å². The fourth-order valence-corrected chi connectivity index (χ4v) is 1.43. The Bertz CT molecular complexity index is 454. The van der Waals surface area contributed by atoms with Gasteiger partial charge in [-0.2, -0.15) is 5.10 Å². The third-order valence-corrected chi connectivity index (χ3v) is 2.63. The van der Waals surface area contributed by atoms with Gasteiger partial charge in [0.2, 0.25) is 0 Å². The molecule has 16 heavy (non-hydrogen) atoms. The molecule has 0 amide bonds. The van der Waals surface area contributed by atoms with Crippen LogP contribution in [0.3, 0.4) is 0 Å². The van der Waals surface area contributed by atoms with E-state index in [1.807, 2.05) is 13.1 Å². The molecule has 0 aromatic carbocycles. The summed E-state index contributed by atoms with van der Waals surface area (Å²) in [5.74, 6) is 0.647. The summed E-state index contributed by atoms with van der Waals surface area (Å²) in [7, 11) is 0. The highest BCUT2D eigenvalue weighted by Crippen LogP contribution is 2.16. The molecule has 0 aliphatic carbocycles. The maximum atomic E-state index is 5.44. The van der Waals surface area contributed by atoms with Crippen molar-refractivity contribution in [3.63, 3.8) is 0 Å². The van der Waals surface area contributed by atoms with E-state index in [4.69, 9.17) is 4.74 Å². The molecule has 6 heteroatoms. The fraction of sp³-hybridized carbons (Fsp3) is 0.300. The van der Waals surface area contributed by atoms with Gasteiger partial charge in [-0.05, 0) is 12.5 Å². The maximum absolute atomic E-state index is 5.44. The predicted molar refractivity (Wildman–Crippen MR) is 62.6 cm³/mol. The molecule has 0 bridgehead atoms. The molecule has 0 unspecified atom stereocenters. The quantitative estimate of drug-likeness (QED) is 0.808. The van der Waals surface area contributed by atoms with Gasteiger partial charge in [0.25, 0.3) is 0 Å². The Kier molecular flexibility index (Phi) is 3.51. The van der Waals surface area contributed by atoms with Crippen molar-refractivity contribution >= 4 is 15.9 Å². The van der Waals surface area contributed by atoms with Crippen LogP contribution in [0.15, 0.2) is 24.8 Å². The lowest BCUT2D eigenvalue weighted by Crippen LogP contribution is -1.93. The number of alkyl halides is 1. The second-order valence-corrected chi connectivity index (χ2v) is 3.70. The van der Waals surface area contributed by atoms with Gasteiger partial charge in [0.05, 0.1) is 12.4 Å². The predicted octanol–water partition coefficient (Wildman–Crippen LogP) is 2.38. The minimum Gasteiger partial charge on any atom is -0.421 e. The normalized spacial score (nSPS) is 10.4. The molecule has 5 nitrogen and oxygen atoms in total. The van der Waals surface area contributed by atoms with Crippen LogP contribution >= 0.6 is 15.9 Å². The van der Waals surface area contributed by atoms with Crippen LogP contribution in [0, 0.1) is 0 Å². The Morgan fingerprint density at radius 2 is 2.06 bits per heavy atom. The van der Waals surface area contributed by atoms with Crippen LogP contribution in [0.4, 0.5) is 0 Å². The van der Waals surface area contributed by atoms with Crippen molar-refractivity contribution in [1.29, 1.82) is 0 Å². The summed E-state index contributed by atoms with van der Waals surface area (Å²) in [6.07, 6.45) is 6.90. The Hall–Kier alpha value is -1.43. The average molecular weight is 283 g/mol. The molecule has 0 aliphatic heterocycles. The molecular formula is C10H11BrN4O. The van der Waals surface area contributed by atoms with Crippen LogP contribution in [0.25, 0.3) is 0 Å². The highest BCUT2D eigenvalue weighted by Gasteiger charge is 2.02. The summed E-state index contributed by atoms with van der Waals surface area (Å²) in [5.41, 5.74) is 1.01. The van der Waals surface area contributed by atoms with E-state index in [9.17, 15) is 0 Å². The van der Waals surface area contributed by atoms with Crippen molar-refractivity contribution in [3.8, 4) is 11.8 Å². The molecular weight excluding hydrogens is 272 g/mol. The lowest BCUT2D eigenvalue weighted by molar-refractivity contribution is 0.440. The molecule has 84 valence electrons. The molecule has 2 aromatic rings. The zero-order chi connectivity index (χ0) is 11.4. The second kappa shape index (κ2) is 5.07. The summed E-state index contributed by atoms with van der Waals surface area (Å²) in [6.45, 7) is 2.82. The molecule has 2 rings (SSSR count). The minimum absolute atomic E-state index is 0.334. The van der Waals surface area contributed by atoms with Crippen molar-refractivity contribution in [2.75, 3.05) is 0 Å². The number of aromatic nitrogens is 4.